The third-order valence-corrected chi connectivity index (χ3v) is 5.79. The van der Waals surface area contributed by atoms with Gasteiger partial charge in [-0.2, -0.15) is 5.10 Å². The fourth-order valence-electron chi connectivity index (χ4n) is 3.14. The van der Waals surface area contributed by atoms with Crippen LogP contribution in [0.3, 0.4) is 0 Å². The van der Waals surface area contributed by atoms with Gasteiger partial charge < -0.3 is 0 Å². The maximum absolute atomic E-state index is 12.4. The summed E-state index contributed by atoms with van der Waals surface area (Å²) in [7, 11) is 0. The van der Waals surface area contributed by atoms with Crippen LogP contribution >= 0.6 is 11.8 Å². The number of non-ortho nitro benzene ring substituents is 1. The zero-order chi connectivity index (χ0) is 23.9. The molecule has 0 bridgehead atoms. The summed E-state index contributed by atoms with van der Waals surface area (Å²) < 4.78 is 1.92. The fraction of sp³-hybridized carbons (Fsp3) is 0.0833. The van der Waals surface area contributed by atoms with Crippen LogP contribution in [0.2, 0.25) is 0 Å². The van der Waals surface area contributed by atoms with Crippen molar-refractivity contribution < 1.29 is 9.72 Å². The van der Waals surface area contributed by atoms with Crippen molar-refractivity contribution in [3.63, 3.8) is 0 Å². The fourth-order valence-corrected chi connectivity index (χ4v) is 3.89. The van der Waals surface area contributed by atoms with E-state index in [1.165, 1.54) is 23.9 Å². The number of rotatable bonds is 8. The Morgan fingerprint density at radius 2 is 1.65 bits per heavy atom. The van der Waals surface area contributed by atoms with Crippen LogP contribution in [0.25, 0.3) is 17.1 Å². The van der Waals surface area contributed by atoms with Gasteiger partial charge in [-0.25, -0.2) is 5.43 Å². The monoisotopic (exact) mass is 472 g/mol. The highest BCUT2D eigenvalue weighted by Crippen LogP contribution is 2.27. The number of para-hydroxylation sites is 1. The highest BCUT2D eigenvalue weighted by atomic mass is 32.2. The summed E-state index contributed by atoms with van der Waals surface area (Å²) in [5, 5.41) is 24.1. The first-order valence-electron chi connectivity index (χ1n) is 10.3. The van der Waals surface area contributed by atoms with Crippen LogP contribution in [0.5, 0.6) is 0 Å². The van der Waals surface area contributed by atoms with Crippen molar-refractivity contribution in [1.29, 1.82) is 0 Å². The Balaban J connectivity index is 1.47. The number of amides is 1. The number of hydrogen-bond donors (Lipinski definition) is 1. The first-order valence-corrected chi connectivity index (χ1v) is 11.3. The van der Waals surface area contributed by atoms with Gasteiger partial charge in [0.25, 0.3) is 11.6 Å². The molecule has 1 N–H and O–H groups in total. The van der Waals surface area contributed by atoms with E-state index in [-0.39, 0.29) is 17.3 Å². The van der Waals surface area contributed by atoms with E-state index < -0.39 is 4.92 Å². The van der Waals surface area contributed by atoms with Gasteiger partial charge in [0.15, 0.2) is 11.0 Å². The first kappa shape index (κ1) is 22.9. The number of thioether (sulfide) groups is 1. The number of carbonyl (C=O) groups excluding carboxylic acids is 1. The number of aromatic nitrogens is 3. The minimum absolute atomic E-state index is 0.00520. The number of carbonyl (C=O) groups is 1. The summed E-state index contributed by atoms with van der Waals surface area (Å²) in [6, 6.07) is 25.4. The zero-order valence-electron chi connectivity index (χ0n) is 18.2. The van der Waals surface area contributed by atoms with Crippen molar-refractivity contribution in [3.8, 4) is 17.1 Å². The third kappa shape index (κ3) is 5.36. The quantitative estimate of drug-likeness (QED) is 0.175. The normalized spacial score (nSPS) is 11.3. The topological polar surface area (TPSA) is 115 Å². The predicted octanol–water partition coefficient (Wildman–Crippen LogP) is 4.48. The Kier molecular flexibility index (Phi) is 7.09. The second-order valence-electron chi connectivity index (χ2n) is 7.17. The van der Waals surface area contributed by atoms with Crippen LogP contribution in [0, 0.1) is 10.1 Å². The molecule has 10 heteroatoms. The van der Waals surface area contributed by atoms with Crippen LogP contribution in [0.15, 0.2) is 95.2 Å². The Labute approximate surface area is 199 Å². The van der Waals surface area contributed by atoms with E-state index in [2.05, 4.69) is 20.7 Å². The smallest absolute Gasteiger partial charge is 0.269 e. The van der Waals surface area contributed by atoms with E-state index in [4.69, 9.17) is 0 Å². The van der Waals surface area contributed by atoms with Crippen molar-refractivity contribution in [3.05, 3.63) is 101 Å². The lowest BCUT2D eigenvalue weighted by molar-refractivity contribution is -0.384. The lowest BCUT2D eigenvalue weighted by Crippen LogP contribution is -2.21. The molecule has 3 aromatic carbocycles. The average molecular weight is 473 g/mol. The summed E-state index contributed by atoms with van der Waals surface area (Å²) in [6.07, 6.45) is 0. The molecule has 0 aliphatic heterocycles. The maximum atomic E-state index is 12.4. The molecule has 0 radical (unpaired) electrons. The van der Waals surface area contributed by atoms with Gasteiger partial charge in [0.05, 0.1) is 16.4 Å². The van der Waals surface area contributed by atoms with E-state index in [0.29, 0.717) is 22.3 Å². The molecule has 34 heavy (non-hydrogen) atoms. The Morgan fingerprint density at radius 1 is 1.00 bits per heavy atom. The van der Waals surface area contributed by atoms with Gasteiger partial charge in [0.1, 0.15) is 0 Å². The summed E-state index contributed by atoms with van der Waals surface area (Å²) in [5.74, 6) is 0.452. The summed E-state index contributed by atoms with van der Waals surface area (Å²) in [6.45, 7) is 1.72. The Morgan fingerprint density at radius 3 is 2.29 bits per heavy atom. The molecule has 4 aromatic rings. The lowest BCUT2D eigenvalue weighted by Gasteiger charge is -2.10. The first-order chi connectivity index (χ1) is 16.5. The van der Waals surface area contributed by atoms with Gasteiger partial charge in [0.2, 0.25) is 0 Å². The molecule has 0 unspecified atom stereocenters. The average Bonchev–Trinajstić information content (AvgIpc) is 3.31. The molecular weight excluding hydrogens is 452 g/mol. The molecule has 0 spiro atoms. The van der Waals surface area contributed by atoms with Crippen LogP contribution in [0.4, 0.5) is 5.69 Å². The summed E-state index contributed by atoms with van der Waals surface area (Å²) >= 11 is 1.25. The zero-order valence-corrected chi connectivity index (χ0v) is 19.0. The highest BCUT2D eigenvalue weighted by Gasteiger charge is 2.17. The number of nitrogens with one attached hydrogen (secondary N) is 1. The third-order valence-electron chi connectivity index (χ3n) is 4.86. The van der Waals surface area contributed by atoms with E-state index in [0.717, 1.165) is 11.3 Å². The number of nitro benzene ring substituents is 1. The van der Waals surface area contributed by atoms with Crippen molar-refractivity contribution >= 4 is 29.1 Å². The Hall–Kier alpha value is -4.31. The number of hydrogen-bond acceptors (Lipinski definition) is 7. The van der Waals surface area contributed by atoms with E-state index in [1.807, 2.05) is 65.2 Å². The molecule has 1 heterocycles. The van der Waals surface area contributed by atoms with Gasteiger partial charge in [-0.3, -0.25) is 19.5 Å². The van der Waals surface area contributed by atoms with Crippen molar-refractivity contribution in [1.82, 2.24) is 20.2 Å². The van der Waals surface area contributed by atoms with Gasteiger partial charge in [-0.05, 0) is 36.8 Å². The predicted molar refractivity (Wildman–Crippen MR) is 131 cm³/mol. The number of nitrogens with zero attached hydrogens (tertiary/aromatic N) is 5. The SMILES string of the molecule is C/C(=N\NC(=O)CSc1nnc(-c2ccccc2)n1-c1ccccc1)c1ccc([N+](=O)[O-])cc1. The highest BCUT2D eigenvalue weighted by molar-refractivity contribution is 7.99. The van der Waals surface area contributed by atoms with E-state index in [1.54, 1.807) is 19.1 Å². The van der Waals surface area contributed by atoms with Crippen LogP contribution in [-0.4, -0.2) is 37.1 Å². The van der Waals surface area contributed by atoms with Gasteiger partial charge in [-0.15, -0.1) is 10.2 Å². The minimum Gasteiger partial charge on any atom is -0.272 e. The molecule has 0 atom stereocenters. The summed E-state index contributed by atoms with van der Waals surface area (Å²) in [4.78, 5) is 22.8. The molecular formula is C24H20N6O3S. The summed E-state index contributed by atoms with van der Waals surface area (Å²) in [5.41, 5.74) is 5.53. The van der Waals surface area contributed by atoms with Gasteiger partial charge in [0, 0.05) is 23.4 Å². The van der Waals surface area contributed by atoms with Crippen molar-refractivity contribution in [2.24, 2.45) is 5.10 Å². The second kappa shape index (κ2) is 10.5. The molecule has 1 amide bonds. The Bertz CT molecular complexity index is 1320. The van der Waals surface area contributed by atoms with Crippen molar-refractivity contribution in [2.75, 3.05) is 5.75 Å². The maximum Gasteiger partial charge on any atom is 0.269 e. The number of hydrazone groups is 1. The standard InChI is InChI=1S/C24H20N6O3S/c1-17(18-12-14-21(15-13-18)30(32)33)25-26-22(31)16-34-24-28-27-23(19-8-4-2-5-9-19)29(24)20-10-6-3-7-11-20/h2-15H,16H2,1H3,(H,26,31)/b25-17+. The van der Waals surface area contributed by atoms with Crippen LogP contribution in [-0.2, 0) is 4.79 Å². The molecule has 4 rings (SSSR count). The molecule has 170 valence electrons. The molecule has 0 saturated carbocycles. The van der Waals surface area contributed by atoms with E-state index in [9.17, 15) is 14.9 Å². The molecule has 0 fully saturated rings. The number of benzene rings is 3. The molecule has 1 aromatic heterocycles. The molecule has 0 aliphatic carbocycles. The van der Waals surface area contributed by atoms with Gasteiger partial charge >= 0.3 is 0 Å². The second-order valence-corrected chi connectivity index (χ2v) is 8.11. The van der Waals surface area contributed by atoms with Crippen LogP contribution in [0.1, 0.15) is 12.5 Å². The molecule has 0 aliphatic rings. The largest absolute Gasteiger partial charge is 0.272 e. The molecule has 9 nitrogen and oxygen atoms in total. The van der Waals surface area contributed by atoms with Crippen molar-refractivity contribution in [2.45, 2.75) is 12.1 Å². The molecule has 0 saturated heterocycles. The lowest BCUT2D eigenvalue weighted by atomic mass is 10.1. The minimum atomic E-state index is -0.466. The van der Waals surface area contributed by atoms with Crippen LogP contribution < -0.4 is 5.43 Å². The van der Waals surface area contributed by atoms with E-state index >= 15 is 0 Å². The van der Waals surface area contributed by atoms with Gasteiger partial charge in [-0.1, -0.05) is 60.3 Å². The number of nitro groups is 1.